The van der Waals surface area contributed by atoms with E-state index in [0.29, 0.717) is 16.9 Å². The van der Waals surface area contributed by atoms with Crippen LogP contribution in [0.4, 0.5) is 15.8 Å². The number of benzene rings is 3. The smallest absolute Gasteiger partial charge is 0.262 e. The second-order valence-corrected chi connectivity index (χ2v) is 8.52. The summed E-state index contributed by atoms with van der Waals surface area (Å²) in [6.45, 7) is 5.45. The predicted octanol–water partition coefficient (Wildman–Crippen LogP) is 4.80. The van der Waals surface area contributed by atoms with E-state index in [1.54, 1.807) is 25.1 Å². The van der Waals surface area contributed by atoms with Crippen molar-refractivity contribution in [2.45, 2.75) is 25.7 Å². The van der Waals surface area contributed by atoms with Gasteiger partial charge in [-0.05, 0) is 74.4 Å². The molecular weight excluding hydrogens is 391 g/mol. The van der Waals surface area contributed by atoms with Gasteiger partial charge in [-0.15, -0.1) is 0 Å². The van der Waals surface area contributed by atoms with E-state index in [1.165, 1.54) is 30.3 Å². The summed E-state index contributed by atoms with van der Waals surface area (Å²) < 4.78 is 41.5. The van der Waals surface area contributed by atoms with Crippen LogP contribution in [0.15, 0.2) is 65.6 Å². The topological polar surface area (TPSA) is 75.3 Å². The predicted molar refractivity (Wildman–Crippen MR) is 112 cm³/mol. The molecule has 0 aliphatic heterocycles. The van der Waals surface area contributed by atoms with Crippen LogP contribution in [0, 0.1) is 26.6 Å². The molecule has 0 saturated heterocycles. The average Bonchev–Trinajstić information content (AvgIpc) is 2.66. The van der Waals surface area contributed by atoms with Gasteiger partial charge in [0.15, 0.2) is 0 Å². The molecule has 0 fully saturated rings. The highest BCUT2D eigenvalue weighted by atomic mass is 32.2. The first-order chi connectivity index (χ1) is 13.7. The maximum atomic E-state index is 13.0. The number of rotatable bonds is 5. The lowest BCUT2D eigenvalue weighted by molar-refractivity contribution is 0.102. The molecule has 0 unspecified atom stereocenters. The summed E-state index contributed by atoms with van der Waals surface area (Å²) in [5, 5.41) is 2.65. The first-order valence-corrected chi connectivity index (χ1v) is 10.4. The standard InChI is InChI=1S/C22H21FN2O3S/c1-14-4-11-20(16(3)12-14)25-29(27,28)21-13-19(10-5-15(21)2)24-22(26)17-6-8-18(23)9-7-17/h4-13,25H,1-3H3,(H,24,26). The highest BCUT2D eigenvalue weighted by molar-refractivity contribution is 7.92. The van der Waals surface area contributed by atoms with Gasteiger partial charge >= 0.3 is 0 Å². The molecule has 150 valence electrons. The summed E-state index contributed by atoms with van der Waals surface area (Å²) >= 11 is 0. The Morgan fingerprint density at radius 2 is 1.55 bits per heavy atom. The lowest BCUT2D eigenvalue weighted by atomic mass is 10.1. The molecule has 0 saturated carbocycles. The average molecular weight is 412 g/mol. The van der Waals surface area contributed by atoms with Crippen LogP contribution in [0.2, 0.25) is 0 Å². The molecule has 3 aromatic carbocycles. The van der Waals surface area contributed by atoms with E-state index in [2.05, 4.69) is 10.0 Å². The Labute approximate surface area is 169 Å². The Morgan fingerprint density at radius 1 is 0.862 bits per heavy atom. The normalized spacial score (nSPS) is 11.2. The molecule has 7 heteroatoms. The van der Waals surface area contributed by atoms with Crippen molar-refractivity contribution in [3.05, 3.63) is 88.7 Å². The first kappa shape index (κ1) is 20.5. The third kappa shape index (κ3) is 4.81. The van der Waals surface area contributed by atoms with Crippen molar-refractivity contribution in [2.75, 3.05) is 10.0 Å². The van der Waals surface area contributed by atoms with Crippen LogP contribution in [0.25, 0.3) is 0 Å². The lowest BCUT2D eigenvalue weighted by Crippen LogP contribution is -2.16. The van der Waals surface area contributed by atoms with Crippen molar-refractivity contribution in [3.63, 3.8) is 0 Å². The number of carbonyl (C=O) groups is 1. The molecule has 0 aromatic heterocycles. The summed E-state index contributed by atoms with van der Waals surface area (Å²) in [5.41, 5.74) is 3.48. The molecule has 0 atom stereocenters. The number of sulfonamides is 1. The molecule has 2 N–H and O–H groups in total. The Kier molecular flexibility index (Phi) is 5.70. The molecule has 0 aliphatic rings. The summed E-state index contributed by atoms with van der Waals surface area (Å²) in [7, 11) is -3.86. The Hall–Kier alpha value is -3.19. The van der Waals surface area contributed by atoms with E-state index in [1.807, 2.05) is 26.0 Å². The van der Waals surface area contributed by atoms with Crippen molar-refractivity contribution < 1.29 is 17.6 Å². The fourth-order valence-corrected chi connectivity index (χ4v) is 4.30. The van der Waals surface area contributed by atoms with Crippen LogP contribution in [-0.4, -0.2) is 14.3 Å². The van der Waals surface area contributed by atoms with Crippen LogP contribution in [-0.2, 0) is 10.0 Å². The van der Waals surface area contributed by atoms with Crippen LogP contribution in [0.5, 0.6) is 0 Å². The second-order valence-electron chi connectivity index (χ2n) is 6.87. The van der Waals surface area contributed by atoms with E-state index >= 15 is 0 Å². The highest BCUT2D eigenvalue weighted by Gasteiger charge is 2.19. The maximum Gasteiger partial charge on any atom is 0.262 e. The largest absolute Gasteiger partial charge is 0.322 e. The van der Waals surface area contributed by atoms with Gasteiger partial charge in [0.2, 0.25) is 0 Å². The minimum Gasteiger partial charge on any atom is -0.322 e. The SMILES string of the molecule is Cc1ccc(NS(=O)(=O)c2cc(NC(=O)c3ccc(F)cc3)ccc2C)c(C)c1. The van der Waals surface area contributed by atoms with Crippen LogP contribution >= 0.6 is 0 Å². The van der Waals surface area contributed by atoms with Gasteiger partial charge in [0, 0.05) is 11.3 Å². The molecule has 29 heavy (non-hydrogen) atoms. The number of hydrogen-bond donors (Lipinski definition) is 2. The summed E-state index contributed by atoms with van der Waals surface area (Å²) in [5.74, 6) is -0.901. The highest BCUT2D eigenvalue weighted by Crippen LogP contribution is 2.25. The zero-order chi connectivity index (χ0) is 21.2. The third-order valence-corrected chi connectivity index (χ3v) is 5.98. The fraction of sp³-hybridized carbons (Fsp3) is 0.136. The molecule has 5 nitrogen and oxygen atoms in total. The van der Waals surface area contributed by atoms with Gasteiger partial charge in [-0.1, -0.05) is 23.8 Å². The Bertz CT molecular complexity index is 1170. The molecule has 3 aromatic rings. The minimum absolute atomic E-state index is 0.0642. The van der Waals surface area contributed by atoms with E-state index in [-0.39, 0.29) is 10.5 Å². The van der Waals surface area contributed by atoms with Crippen molar-refractivity contribution >= 4 is 27.3 Å². The summed E-state index contributed by atoms with van der Waals surface area (Å²) in [6, 6.07) is 15.2. The number of aryl methyl sites for hydroxylation is 3. The number of carbonyl (C=O) groups excluding carboxylic acids is 1. The van der Waals surface area contributed by atoms with E-state index in [4.69, 9.17) is 0 Å². The van der Waals surface area contributed by atoms with Crippen molar-refractivity contribution in [3.8, 4) is 0 Å². The molecule has 3 rings (SSSR count). The summed E-state index contributed by atoms with van der Waals surface area (Å²) in [6.07, 6.45) is 0. The third-order valence-electron chi connectivity index (χ3n) is 4.47. The van der Waals surface area contributed by atoms with E-state index < -0.39 is 21.7 Å². The molecule has 0 radical (unpaired) electrons. The Morgan fingerprint density at radius 3 is 2.21 bits per heavy atom. The molecular formula is C22H21FN2O3S. The van der Waals surface area contributed by atoms with Gasteiger partial charge in [-0.2, -0.15) is 0 Å². The molecule has 0 aliphatic carbocycles. The van der Waals surface area contributed by atoms with Gasteiger partial charge in [-0.25, -0.2) is 12.8 Å². The number of halogens is 1. The number of amides is 1. The minimum atomic E-state index is -3.86. The number of hydrogen-bond acceptors (Lipinski definition) is 3. The first-order valence-electron chi connectivity index (χ1n) is 8.93. The number of anilines is 2. The van der Waals surface area contributed by atoms with Gasteiger partial charge in [0.05, 0.1) is 10.6 Å². The maximum absolute atomic E-state index is 13.0. The van der Waals surface area contributed by atoms with Crippen molar-refractivity contribution in [2.24, 2.45) is 0 Å². The molecule has 1 amide bonds. The quantitative estimate of drug-likeness (QED) is 0.632. The van der Waals surface area contributed by atoms with Crippen LogP contribution in [0.1, 0.15) is 27.0 Å². The van der Waals surface area contributed by atoms with E-state index in [9.17, 15) is 17.6 Å². The second kappa shape index (κ2) is 8.05. The number of nitrogens with one attached hydrogen (secondary N) is 2. The van der Waals surface area contributed by atoms with E-state index in [0.717, 1.165) is 11.1 Å². The van der Waals surface area contributed by atoms with Crippen LogP contribution in [0.3, 0.4) is 0 Å². The van der Waals surface area contributed by atoms with Gasteiger partial charge in [-0.3, -0.25) is 9.52 Å². The van der Waals surface area contributed by atoms with Crippen molar-refractivity contribution in [1.29, 1.82) is 0 Å². The Balaban J connectivity index is 1.87. The monoisotopic (exact) mass is 412 g/mol. The molecule has 0 heterocycles. The fourth-order valence-electron chi connectivity index (χ4n) is 2.90. The zero-order valence-electron chi connectivity index (χ0n) is 16.3. The van der Waals surface area contributed by atoms with Crippen molar-refractivity contribution in [1.82, 2.24) is 0 Å². The molecule has 0 bridgehead atoms. The van der Waals surface area contributed by atoms with Gasteiger partial charge in [0.25, 0.3) is 15.9 Å². The van der Waals surface area contributed by atoms with Crippen LogP contribution < -0.4 is 10.0 Å². The lowest BCUT2D eigenvalue weighted by Gasteiger charge is -2.14. The molecule has 0 spiro atoms. The summed E-state index contributed by atoms with van der Waals surface area (Å²) in [4.78, 5) is 12.4. The zero-order valence-corrected chi connectivity index (χ0v) is 17.1. The van der Waals surface area contributed by atoms with Gasteiger partial charge in [0.1, 0.15) is 5.82 Å². The van der Waals surface area contributed by atoms with Gasteiger partial charge < -0.3 is 5.32 Å².